The van der Waals surface area contributed by atoms with E-state index in [2.05, 4.69) is 37.3 Å². The van der Waals surface area contributed by atoms with Gasteiger partial charge in [-0.2, -0.15) is 0 Å². The number of likely N-dealkylation sites (tertiary alicyclic amines) is 2. The quantitative estimate of drug-likeness (QED) is 0.437. The molecule has 1 saturated carbocycles. The van der Waals surface area contributed by atoms with Crippen LogP contribution in [0.25, 0.3) is 0 Å². The first-order valence-electron chi connectivity index (χ1n) is 14.6. The van der Waals surface area contributed by atoms with Crippen LogP contribution in [0.1, 0.15) is 56.4 Å². The smallest absolute Gasteiger partial charge is 0.303 e. The van der Waals surface area contributed by atoms with Crippen LogP contribution in [0.4, 0.5) is 10.3 Å². The highest BCUT2D eigenvalue weighted by Crippen LogP contribution is 2.40. The Morgan fingerprint density at radius 2 is 1.85 bits per heavy atom. The average Bonchev–Trinajstić information content (AvgIpc) is 3.36. The van der Waals surface area contributed by atoms with Gasteiger partial charge in [0.1, 0.15) is 5.82 Å². The van der Waals surface area contributed by atoms with Crippen LogP contribution in [-0.2, 0) is 4.79 Å². The summed E-state index contributed by atoms with van der Waals surface area (Å²) in [5.74, 6) is 0.723. The summed E-state index contributed by atoms with van der Waals surface area (Å²) in [5.41, 5.74) is 1.07. The van der Waals surface area contributed by atoms with Crippen molar-refractivity contribution in [2.45, 2.75) is 62.9 Å². The zero-order valence-corrected chi connectivity index (χ0v) is 22.9. The van der Waals surface area contributed by atoms with E-state index in [0.717, 1.165) is 89.3 Å². The van der Waals surface area contributed by atoms with Crippen molar-refractivity contribution in [1.29, 1.82) is 0 Å². The van der Waals surface area contributed by atoms with Crippen molar-refractivity contribution in [2.24, 2.45) is 11.8 Å². The van der Waals surface area contributed by atoms with Crippen molar-refractivity contribution in [3.05, 3.63) is 66.8 Å². The van der Waals surface area contributed by atoms with E-state index in [1.165, 1.54) is 6.07 Å². The SMILES string of the molecule is C=CCN(c1ncccn1)C1CCN(C[C@H]2CN([C@@H]3CCCCC3CC(=O)O)C[C@@H]2c2cccc(F)c2)CC1. The number of piperidine rings is 1. The van der Waals surface area contributed by atoms with Gasteiger partial charge in [0, 0.05) is 76.1 Å². The molecule has 1 unspecified atom stereocenters. The van der Waals surface area contributed by atoms with Gasteiger partial charge >= 0.3 is 5.97 Å². The lowest BCUT2D eigenvalue weighted by Gasteiger charge is -2.39. The number of benzene rings is 1. The molecular weight excluding hydrogens is 493 g/mol. The third-order valence-corrected chi connectivity index (χ3v) is 9.15. The van der Waals surface area contributed by atoms with Gasteiger partial charge in [-0.25, -0.2) is 14.4 Å². The Labute approximate surface area is 231 Å². The van der Waals surface area contributed by atoms with Crippen molar-refractivity contribution in [2.75, 3.05) is 44.2 Å². The van der Waals surface area contributed by atoms with Gasteiger partial charge in [-0.3, -0.25) is 9.69 Å². The highest BCUT2D eigenvalue weighted by Gasteiger charge is 2.41. The van der Waals surface area contributed by atoms with Crippen molar-refractivity contribution >= 4 is 11.9 Å². The molecule has 5 rings (SSSR count). The van der Waals surface area contributed by atoms with E-state index in [1.807, 2.05) is 18.2 Å². The van der Waals surface area contributed by atoms with Gasteiger partial charge in [0.25, 0.3) is 0 Å². The Balaban J connectivity index is 1.27. The fourth-order valence-electron chi connectivity index (χ4n) is 7.32. The number of nitrogens with zero attached hydrogens (tertiary/aromatic N) is 5. The van der Waals surface area contributed by atoms with E-state index in [-0.39, 0.29) is 24.1 Å². The second kappa shape index (κ2) is 13.0. The Hall–Kier alpha value is -2.84. The number of rotatable bonds is 10. The fraction of sp³-hybridized carbons (Fsp3) is 0.581. The summed E-state index contributed by atoms with van der Waals surface area (Å²) in [6.45, 7) is 9.48. The molecule has 0 radical (unpaired) electrons. The molecule has 3 heterocycles. The van der Waals surface area contributed by atoms with Crippen LogP contribution in [-0.4, -0.2) is 82.2 Å². The number of anilines is 1. The summed E-state index contributed by atoms with van der Waals surface area (Å²) in [5, 5.41) is 9.54. The molecule has 2 saturated heterocycles. The number of carboxylic acids is 1. The van der Waals surface area contributed by atoms with Crippen molar-refractivity contribution < 1.29 is 14.3 Å². The average molecular weight is 536 g/mol. The summed E-state index contributed by atoms with van der Waals surface area (Å²) in [7, 11) is 0. The van der Waals surface area contributed by atoms with Crippen LogP contribution >= 0.6 is 0 Å². The second-order valence-corrected chi connectivity index (χ2v) is 11.6. The molecule has 39 heavy (non-hydrogen) atoms. The first-order valence-corrected chi connectivity index (χ1v) is 14.6. The summed E-state index contributed by atoms with van der Waals surface area (Å²) >= 11 is 0. The molecule has 8 heteroatoms. The zero-order chi connectivity index (χ0) is 27.2. The summed E-state index contributed by atoms with van der Waals surface area (Å²) in [4.78, 5) is 28.0. The van der Waals surface area contributed by atoms with Gasteiger partial charge in [0.05, 0.1) is 0 Å². The molecule has 1 aliphatic carbocycles. The summed E-state index contributed by atoms with van der Waals surface area (Å²) < 4.78 is 14.3. The lowest BCUT2D eigenvalue weighted by Crippen LogP contribution is -2.47. The topological polar surface area (TPSA) is 72.8 Å². The molecule has 0 spiro atoms. The van der Waals surface area contributed by atoms with Crippen molar-refractivity contribution in [3.63, 3.8) is 0 Å². The lowest BCUT2D eigenvalue weighted by atomic mass is 9.81. The maximum Gasteiger partial charge on any atom is 0.303 e. The molecule has 0 bridgehead atoms. The Kier molecular flexibility index (Phi) is 9.24. The summed E-state index contributed by atoms with van der Waals surface area (Å²) in [6.07, 6.45) is 12.1. The number of halogens is 1. The van der Waals surface area contributed by atoms with Crippen LogP contribution in [0.15, 0.2) is 55.4 Å². The van der Waals surface area contributed by atoms with Crippen molar-refractivity contribution in [1.82, 2.24) is 19.8 Å². The predicted molar refractivity (Wildman–Crippen MR) is 151 cm³/mol. The first kappa shape index (κ1) is 27.7. The Morgan fingerprint density at radius 1 is 1.08 bits per heavy atom. The number of aliphatic carboxylic acids is 1. The summed E-state index contributed by atoms with van der Waals surface area (Å²) in [6, 6.07) is 9.64. The van der Waals surface area contributed by atoms with Crippen molar-refractivity contribution in [3.8, 4) is 0 Å². The normalized spacial score (nSPS) is 26.9. The van der Waals surface area contributed by atoms with Gasteiger partial charge in [0.15, 0.2) is 0 Å². The maximum absolute atomic E-state index is 14.3. The molecule has 7 nitrogen and oxygen atoms in total. The molecule has 1 N–H and O–H groups in total. The van der Waals surface area contributed by atoms with E-state index in [9.17, 15) is 14.3 Å². The van der Waals surface area contributed by atoms with Gasteiger partial charge in [-0.1, -0.05) is 31.1 Å². The van der Waals surface area contributed by atoms with E-state index < -0.39 is 5.97 Å². The molecule has 210 valence electrons. The largest absolute Gasteiger partial charge is 0.481 e. The number of hydrogen-bond donors (Lipinski definition) is 1. The fourth-order valence-corrected chi connectivity index (χ4v) is 7.32. The van der Waals surface area contributed by atoms with Gasteiger partial charge in [-0.05, 0) is 61.3 Å². The predicted octanol–water partition coefficient (Wildman–Crippen LogP) is 4.82. The Morgan fingerprint density at radius 3 is 2.56 bits per heavy atom. The second-order valence-electron chi connectivity index (χ2n) is 11.6. The van der Waals surface area contributed by atoms with E-state index >= 15 is 0 Å². The van der Waals surface area contributed by atoms with Gasteiger partial charge in [-0.15, -0.1) is 6.58 Å². The van der Waals surface area contributed by atoms with E-state index in [0.29, 0.717) is 18.0 Å². The van der Waals surface area contributed by atoms with Gasteiger partial charge in [0.2, 0.25) is 5.95 Å². The highest BCUT2D eigenvalue weighted by atomic mass is 19.1. The molecular formula is C31H42FN5O2. The third kappa shape index (κ3) is 6.84. The van der Waals surface area contributed by atoms with Crippen LogP contribution < -0.4 is 4.90 Å². The van der Waals surface area contributed by atoms with Crippen LogP contribution in [0, 0.1) is 17.7 Å². The number of aromatic nitrogens is 2. The molecule has 3 fully saturated rings. The monoisotopic (exact) mass is 535 g/mol. The number of hydrogen-bond acceptors (Lipinski definition) is 6. The molecule has 0 amide bonds. The molecule has 4 atom stereocenters. The first-order chi connectivity index (χ1) is 19.0. The standard InChI is InChI=1S/C31H42FN5O2/c1-2-15-37(31-33-13-6-14-34-31)27-11-16-35(17-12-27)20-25-21-36(22-28(25)23-8-5-9-26(32)18-23)29-10-4-3-7-24(29)19-30(38)39/h2,5-6,8-9,13-14,18,24-25,27-29H,1,3-4,7,10-12,15-17,19-22H2,(H,38,39)/t24?,25-,28+,29+/m0/s1. The molecule has 2 aromatic rings. The van der Waals surface area contributed by atoms with Crippen LogP contribution in [0.2, 0.25) is 0 Å². The molecule has 1 aromatic carbocycles. The zero-order valence-electron chi connectivity index (χ0n) is 22.9. The number of carbonyl (C=O) groups is 1. The minimum Gasteiger partial charge on any atom is -0.481 e. The highest BCUT2D eigenvalue weighted by molar-refractivity contribution is 5.67. The maximum atomic E-state index is 14.3. The van der Waals surface area contributed by atoms with E-state index in [4.69, 9.17) is 0 Å². The lowest BCUT2D eigenvalue weighted by molar-refractivity contribution is -0.139. The molecule has 2 aliphatic heterocycles. The van der Waals surface area contributed by atoms with Crippen LogP contribution in [0.5, 0.6) is 0 Å². The molecule has 3 aliphatic rings. The molecule has 1 aromatic heterocycles. The Bertz CT molecular complexity index is 1090. The van der Waals surface area contributed by atoms with Crippen LogP contribution in [0.3, 0.4) is 0 Å². The third-order valence-electron chi connectivity index (χ3n) is 9.15. The number of carboxylic acid groups (broad SMARTS) is 1. The minimum absolute atomic E-state index is 0.183. The minimum atomic E-state index is -0.696. The van der Waals surface area contributed by atoms with E-state index in [1.54, 1.807) is 18.5 Å². The van der Waals surface area contributed by atoms with Gasteiger partial charge < -0.3 is 14.9 Å².